The topological polar surface area (TPSA) is 35.5 Å². The maximum Gasteiger partial charge on any atom is 0.306 e. The van der Waals surface area contributed by atoms with E-state index in [0.29, 0.717) is 12.5 Å². The minimum Gasteiger partial charge on any atom is -0.463 e. The molecule has 1 saturated heterocycles. The van der Waals surface area contributed by atoms with Crippen molar-refractivity contribution in [2.24, 2.45) is 0 Å². The average Bonchev–Trinajstić information content (AvgIpc) is 3.11. The van der Waals surface area contributed by atoms with Crippen molar-refractivity contribution in [1.82, 2.24) is 0 Å². The van der Waals surface area contributed by atoms with E-state index in [1.807, 2.05) is 6.92 Å². The van der Waals surface area contributed by atoms with Crippen LogP contribution in [0.3, 0.4) is 0 Å². The maximum atomic E-state index is 11.9. The fourth-order valence-corrected chi connectivity index (χ4v) is 3.57. The molecule has 0 aromatic rings. The zero-order chi connectivity index (χ0) is 18.2. The molecule has 0 unspecified atom stereocenters. The van der Waals surface area contributed by atoms with Crippen LogP contribution in [0.2, 0.25) is 0 Å². The highest BCUT2D eigenvalue weighted by Crippen LogP contribution is 2.19. The van der Waals surface area contributed by atoms with Gasteiger partial charge >= 0.3 is 5.97 Å². The molecule has 0 radical (unpaired) electrons. The van der Waals surface area contributed by atoms with Crippen molar-refractivity contribution in [2.45, 2.75) is 129 Å². The van der Waals surface area contributed by atoms with Crippen LogP contribution >= 0.6 is 0 Å². The summed E-state index contributed by atoms with van der Waals surface area (Å²) in [6, 6.07) is 0. The fourth-order valence-electron chi connectivity index (χ4n) is 3.57. The first-order valence-corrected chi connectivity index (χ1v) is 11.0. The second kappa shape index (κ2) is 15.7. The Hall–Kier alpha value is -0.570. The third-order valence-electron chi connectivity index (χ3n) is 5.24. The predicted molar refractivity (Wildman–Crippen MR) is 105 cm³/mol. The minimum atomic E-state index is -0.0178. The summed E-state index contributed by atoms with van der Waals surface area (Å²) < 4.78 is 11.1. The summed E-state index contributed by atoms with van der Waals surface area (Å²) >= 11 is 0. The molecule has 0 bridgehead atoms. The summed E-state index contributed by atoms with van der Waals surface area (Å²) in [5.41, 5.74) is 0. The van der Waals surface area contributed by atoms with E-state index >= 15 is 0 Å². The number of rotatable bonds is 16. The number of esters is 1. The molecule has 3 nitrogen and oxygen atoms in total. The third kappa shape index (κ3) is 13.3. The van der Waals surface area contributed by atoms with Gasteiger partial charge in [-0.3, -0.25) is 4.79 Å². The molecule has 1 aliphatic heterocycles. The number of hydrogen-bond acceptors (Lipinski definition) is 3. The number of carbonyl (C=O) groups excluding carboxylic acids is 1. The van der Waals surface area contributed by atoms with Gasteiger partial charge in [-0.25, -0.2) is 0 Å². The largest absolute Gasteiger partial charge is 0.463 e. The molecule has 148 valence electrons. The number of hydrogen-bond donors (Lipinski definition) is 0. The zero-order valence-corrected chi connectivity index (χ0v) is 16.9. The molecule has 0 amide bonds. The van der Waals surface area contributed by atoms with E-state index in [4.69, 9.17) is 9.47 Å². The van der Waals surface area contributed by atoms with E-state index in [1.54, 1.807) is 0 Å². The third-order valence-corrected chi connectivity index (χ3v) is 5.24. The van der Waals surface area contributed by atoms with Gasteiger partial charge in [0.15, 0.2) is 0 Å². The van der Waals surface area contributed by atoms with E-state index in [9.17, 15) is 4.79 Å². The standard InChI is InChI=1S/C22H42O3/c1-3-4-5-6-7-8-9-10-11-12-13-16-22(23)25-20(2)17-18-21-15-14-19-24-21/h20-21H,3-19H2,1-2H3/t20-,21+/m1/s1. The van der Waals surface area contributed by atoms with Gasteiger partial charge in [0.2, 0.25) is 0 Å². The van der Waals surface area contributed by atoms with Crippen molar-refractivity contribution in [3.63, 3.8) is 0 Å². The number of carbonyl (C=O) groups is 1. The van der Waals surface area contributed by atoms with Crippen LogP contribution in [0, 0.1) is 0 Å². The first-order chi connectivity index (χ1) is 12.2. The van der Waals surface area contributed by atoms with Gasteiger partial charge < -0.3 is 9.47 Å². The molecule has 1 aliphatic rings. The van der Waals surface area contributed by atoms with Crippen molar-refractivity contribution in [1.29, 1.82) is 0 Å². The molecule has 25 heavy (non-hydrogen) atoms. The second-order valence-electron chi connectivity index (χ2n) is 7.80. The lowest BCUT2D eigenvalue weighted by atomic mass is 10.1. The molecule has 0 saturated carbocycles. The molecule has 1 heterocycles. The Morgan fingerprint density at radius 2 is 1.60 bits per heavy atom. The minimum absolute atomic E-state index is 0.0178. The smallest absolute Gasteiger partial charge is 0.306 e. The highest BCUT2D eigenvalue weighted by Gasteiger charge is 2.17. The Kier molecular flexibility index (Phi) is 14.1. The van der Waals surface area contributed by atoms with Crippen LogP contribution in [-0.2, 0) is 14.3 Å². The van der Waals surface area contributed by atoms with Crippen molar-refractivity contribution in [2.75, 3.05) is 6.61 Å². The molecule has 0 N–H and O–H groups in total. The van der Waals surface area contributed by atoms with Crippen molar-refractivity contribution < 1.29 is 14.3 Å². The Labute approximate surface area is 156 Å². The van der Waals surface area contributed by atoms with Crippen LogP contribution in [-0.4, -0.2) is 24.8 Å². The van der Waals surface area contributed by atoms with Crippen LogP contribution in [0.5, 0.6) is 0 Å². The van der Waals surface area contributed by atoms with Crippen molar-refractivity contribution >= 4 is 5.97 Å². The lowest BCUT2D eigenvalue weighted by Crippen LogP contribution is -2.17. The van der Waals surface area contributed by atoms with Crippen molar-refractivity contribution in [3.8, 4) is 0 Å². The summed E-state index contributed by atoms with van der Waals surface area (Å²) in [6.07, 6.45) is 19.7. The Morgan fingerprint density at radius 1 is 1.00 bits per heavy atom. The SMILES string of the molecule is CCCCCCCCCCCCCC(=O)O[C@H](C)CC[C@@H]1CCCO1. The number of unbranched alkanes of at least 4 members (excludes halogenated alkanes) is 10. The predicted octanol–water partition coefficient (Wildman–Crippen LogP) is 6.58. The van der Waals surface area contributed by atoms with Gasteiger partial charge in [-0.1, -0.05) is 71.1 Å². The summed E-state index contributed by atoms with van der Waals surface area (Å²) in [5, 5.41) is 0. The lowest BCUT2D eigenvalue weighted by molar-refractivity contribution is -0.148. The van der Waals surface area contributed by atoms with Gasteiger partial charge in [-0.15, -0.1) is 0 Å². The highest BCUT2D eigenvalue weighted by atomic mass is 16.5. The van der Waals surface area contributed by atoms with Gasteiger partial charge in [0.05, 0.1) is 12.2 Å². The summed E-state index contributed by atoms with van der Waals surface area (Å²) in [6.45, 7) is 5.17. The molecule has 3 heteroatoms. The number of ether oxygens (including phenoxy) is 2. The molecular weight excluding hydrogens is 312 g/mol. The van der Waals surface area contributed by atoms with Crippen LogP contribution in [0.25, 0.3) is 0 Å². The van der Waals surface area contributed by atoms with Crippen LogP contribution in [0.1, 0.15) is 117 Å². The van der Waals surface area contributed by atoms with Crippen LogP contribution in [0.15, 0.2) is 0 Å². The molecule has 0 aromatic heterocycles. The van der Waals surface area contributed by atoms with E-state index in [0.717, 1.165) is 32.3 Å². The van der Waals surface area contributed by atoms with Gasteiger partial charge in [-0.2, -0.15) is 0 Å². The molecular formula is C22H42O3. The average molecular weight is 355 g/mol. The first kappa shape index (κ1) is 22.5. The van der Waals surface area contributed by atoms with Gasteiger partial charge in [-0.05, 0) is 39.0 Å². The van der Waals surface area contributed by atoms with E-state index in [1.165, 1.54) is 70.6 Å². The molecule has 2 atom stereocenters. The maximum absolute atomic E-state index is 11.9. The summed E-state index contributed by atoms with van der Waals surface area (Å²) in [5.74, 6) is -0.0178. The molecule has 1 fully saturated rings. The van der Waals surface area contributed by atoms with Crippen LogP contribution < -0.4 is 0 Å². The quantitative estimate of drug-likeness (QED) is 0.232. The second-order valence-corrected chi connectivity index (χ2v) is 7.80. The molecule has 0 spiro atoms. The Morgan fingerprint density at radius 3 is 2.16 bits per heavy atom. The van der Waals surface area contributed by atoms with Gasteiger partial charge in [0, 0.05) is 13.0 Å². The van der Waals surface area contributed by atoms with E-state index in [2.05, 4.69) is 6.92 Å². The Bertz CT molecular complexity index is 310. The zero-order valence-electron chi connectivity index (χ0n) is 16.9. The highest BCUT2D eigenvalue weighted by molar-refractivity contribution is 5.69. The van der Waals surface area contributed by atoms with E-state index in [-0.39, 0.29) is 12.1 Å². The first-order valence-electron chi connectivity index (χ1n) is 11.0. The molecule has 1 rings (SSSR count). The van der Waals surface area contributed by atoms with E-state index < -0.39 is 0 Å². The van der Waals surface area contributed by atoms with Gasteiger partial charge in [0.25, 0.3) is 0 Å². The molecule has 0 aliphatic carbocycles. The monoisotopic (exact) mass is 354 g/mol. The lowest BCUT2D eigenvalue weighted by Gasteiger charge is -2.15. The van der Waals surface area contributed by atoms with Crippen LogP contribution in [0.4, 0.5) is 0 Å². The molecule has 0 aromatic carbocycles. The van der Waals surface area contributed by atoms with Gasteiger partial charge in [0.1, 0.15) is 0 Å². The fraction of sp³-hybridized carbons (Fsp3) is 0.955. The van der Waals surface area contributed by atoms with Crippen molar-refractivity contribution in [3.05, 3.63) is 0 Å². The summed E-state index contributed by atoms with van der Waals surface area (Å²) in [7, 11) is 0. The Balaban J connectivity index is 1.83. The normalized spacial score (nSPS) is 18.4. The summed E-state index contributed by atoms with van der Waals surface area (Å²) in [4.78, 5) is 11.9.